The van der Waals surface area contributed by atoms with Gasteiger partial charge in [0.1, 0.15) is 11.8 Å². The molecule has 0 fully saturated rings. The van der Waals surface area contributed by atoms with Crippen LogP contribution in [0.5, 0.6) is 5.75 Å². The van der Waals surface area contributed by atoms with Gasteiger partial charge in [0, 0.05) is 6.42 Å². The highest BCUT2D eigenvalue weighted by molar-refractivity contribution is 7.62. The summed E-state index contributed by atoms with van der Waals surface area (Å²) in [7, 11) is -10.0. The lowest BCUT2D eigenvalue weighted by molar-refractivity contribution is -0.138. The Balaban J connectivity index is 3.65. The standard InChI is InChI=1S/C9H13NO9P2/c10-6(9(12)13)3-5-7(20(14,15)16)1-4(11)2-8(5)21(17,18)19/h1-2,6,11H,3,10H2,(H,12,13)(H2,14,15,16)(H2,17,18,19). The minimum atomic E-state index is -5.02. The predicted octanol–water partition coefficient (Wildman–Crippen LogP) is -2.05. The van der Waals surface area contributed by atoms with Gasteiger partial charge in [-0.3, -0.25) is 13.9 Å². The molecule has 0 saturated carbocycles. The van der Waals surface area contributed by atoms with Gasteiger partial charge in [-0.1, -0.05) is 0 Å². The van der Waals surface area contributed by atoms with Crippen molar-refractivity contribution in [3.63, 3.8) is 0 Å². The van der Waals surface area contributed by atoms with E-state index in [4.69, 9.17) is 10.8 Å². The molecule has 0 saturated heterocycles. The van der Waals surface area contributed by atoms with Crippen LogP contribution in [0, 0.1) is 0 Å². The lowest BCUT2D eigenvalue weighted by Gasteiger charge is -2.18. The summed E-state index contributed by atoms with van der Waals surface area (Å²) < 4.78 is 22.8. The van der Waals surface area contributed by atoms with Gasteiger partial charge in [-0.15, -0.1) is 0 Å². The zero-order valence-corrected chi connectivity index (χ0v) is 12.1. The Bertz CT molecular complexity index is 618. The maximum Gasteiger partial charge on any atom is 0.356 e. The van der Waals surface area contributed by atoms with Gasteiger partial charge in [-0.2, -0.15) is 0 Å². The van der Waals surface area contributed by atoms with Crippen LogP contribution in [0.15, 0.2) is 12.1 Å². The fourth-order valence-corrected chi connectivity index (χ4v) is 3.48. The number of aromatic hydroxyl groups is 1. The highest BCUT2D eigenvalue weighted by Gasteiger charge is 2.32. The first-order valence-corrected chi connectivity index (χ1v) is 8.53. The predicted molar refractivity (Wildman–Crippen MR) is 70.8 cm³/mol. The molecule has 118 valence electrons. The molecular weight excluding hydrogens is 328 g/mol. The minimum absolute atomic E-state index is 0.593. The van der Waals surface area contributed by atoms with E-state index in [1.165, 1.54) is 0 Å². The highest BCUT2D eigenvalue weighted by Crippen LogP contribution is 2.41. The summed E-state index contributed by atoms with van der Waals surface area (Å²) >= 11 is 0. The normalized spacial score (nSPS) is 14.0. The maximum absolute atomic E-state index is 11.4. The van der Waals surface area contributed by atoms with E-state index in [0.717, 1.165) is 0 Å². The molecular formula is C9H13NO9P2. The SMILES string of the molecule is NC(Cc1c(P(=O)(O)O)cc(O)cc1P(=O)(O)O)C(=O)O. The summed E-state index contributed by atoms with van der Waals surface area (Å²) in [5.41, 5.74) is 4.65. The van der Waals surface area contributed by atoms with Crippen molar-refractivity contribution < 1.29 is 43.7 Å². The second kappa shape index (κ2) is 5.86. The Morgan fingerprint density at radius 2 is 1.48 bits per heavy atom. The van der Waals surface area contributed by atoms with Gasteiger partial charge in [0.15, 0.2) is 0 Å². The number of rotatable bonds is 5. The zero-order chi connectivity index (χ0) is 16.6. The summed E-state index contributed by atoms with van der Waals surface area (Å²) in [5, 5.41) is 16.3. The molecule has 0 aromatic heterocycles. The molecule has 8 N–H and O–H groups in total. The molecule has 0 aliphatic carbocycles. The average Bonchev–Trinajstić information content (AvgIpc) is 2.27. The van der Waals surface area contributed by atoms with Crippen LogP contribution in [0.4, 0.5) is 0 Å². The van der Waals surface area contributed by atoms with Crippen molar-refractivity contribution >= 4 is 31.8 Å². The van der Waals surface area contributed by atoms with Crippen LogP contribution in [0.3, 0.4) is 0 Å². The molecule has 1 rings (SSSR count). The van der Waals surface area contributed by atoms with Gasteiger partial charge in [0.25, 0.3) is 0 Å². The van der Waals surface area contributed by atoms with Crippen molar-refractivity contribution in [1.29, 1.82) is 0 Å². The van der Waals surface area contributed by atoms with Gasteiger partial charge in [0.2, 0.25) is 0 Å². The first-order valence-electron chi connectivity index (χ1n) is 5.30. The van der Waals surface area contributed by atoms with E-state index < -0.39 is 55.5 Å². The Labute approximate surface area is 118 Å². The van der Waals surface area contributed by atoms with Crippen molar-refractivity contribution in [2.24, 2.45) is 5.73 Å². The topological polar surface area (TPSA) is 199 Å². The van der Waals surface area contributed by atoms with Crippen LogP contribution >= 0.6 is 15.2 Å². The molecule has 1 aromatic rings. The first-order chi connectivity index (χ1) is 9.34. The molecule has 0 heterocycles. The van der Waals surface area contributed by atoms with Gasteiger partial charge in [-0.25, -0.2) is 0 Å². The number of aliphatic carboxylic acids is 1. The monoisotopic (exact) mass is 341 g/mol. The number of phenolic OH excluding ortho intramolecular Hbond substituents is 1. The van der Waals surface area contributed by atoms with E-state index in [1.54, 1.807) is 0 Å². The number of phenols is 1. The summed E-state index contributed by atoms with van der Waals surface area (Å²) in [4.78, 5) is 47.5. The summed E-state index contributed by atoms with van der Waals surface area (Å²) in [5.74, 6) is -2.30. The molecule has 10 nitrogen and oxygen atoms in total. The van der Waals surface area contributed by atoms with Gasteiger partial charge in [0.05, 0.1) is 10.6 Å². The molecule has 1 atom stereocenters. The minimum Gasteiger partial charge on any atom is -0.508 e. The third-order valence-corrected chi connectivity index (χ3v) is 4.61. The summed E-state index contributed by atoms with van der Waals surface area (Å²) in [6.45, 7) is 0. The van der Waals surface area contributed by atoms with Crippen molar-refractivity contribution in [3.05, 3.63) is 17.7 Å². The van der Waals surface area contributed by atoms with Gasteiger partial charge in [-0.05, 0) is 17.7 Å². The quantitative estimate of drug-likeness (QED) is 0.292. The van der Waals surface area contributed by atoms with E-state index in [9.17, 15) is 38.6 Å². The van der Waals surface area contributed by atoms with Gasteiger partial charge >= 0.3 is 21.2 Å². The Morgan fingerprint density at radius 1 is 1.10 bits per heavy atom. The molecule has 0 aliphatic rings. The maximum atomic E-state index is 11.4. The molecule has 1 unspecified atom stereocenters. The third kappa shape index (κ3) is 4.36. The molecule has 0 aliphatic heterocycles. The van der Waals surface area contributed by atoms with E-state index in [1.807, 2.05) is 0 Å². The number of carbonyl (C=O) groups is 1. The van der Waals surface area contributed by atoms with E-state index in [2.05, 4.69) is 0 Å². The molecule has 1 aromatic carbocycles. The fraction of sp³-hybridized carbons (Fsp3) is 0.222. The fourth-order valence-electron chi connectivity index (χ4n) is 1.66. The molecule has 0 spiro atoms. The number of nitrogens with two attached hydrogens (primary N) is 1. The Kier molecular flexibility index (Phi) is 4.97. The Hall–Kier alpha value is -1.25. The van der Waals surface area contributed by atoms with Crippen LogP contribution < -0.4 is 16.3 Å². The molecule has 0 radical (unpaired) electrons. The van der Waals surface area contributed by atoms with Crippen molar-refractivity contribution in [1.82, 2.24) is 0 Å². The molecule has 0 bridgehead atoms. The lowest BCUT2D eigenvalue weighted by Crippen LogP contribution is -2.36. The summed E-state index contributed by atoms with van der Waals surface area (Å²) in [6.07, 6.45) is -0.726. The van der Waals surface area contributed by atoms with Crippen LogP contribution in [0.25, 0.3) is 0 Å². The van der Waals surface area contributed by atoms with Crippen molar-refractivity contribution in [2.75, 3.05) is 0 Å². The highest BCUT2D eigenvalue weighted by atomic mass is 31.2. The van der Waals surface area contributed by atoms with E-state index in [0.29, 0.717) is 12.1 Å². The average molecular weight is 341 g/mol. The van der Waals surface area contributed by atoms with E-state index in [-0.39, 0.29) is 0 Å². The molecule has 12 heteroatoms. The van der Waals surface area contributed by atoms with Crippen LogP contribution in [0.2, 0.25) is 0 Å². The second-order valence-electron chi connectivity index (χ2n) is 4.20. The third-order valence-electron chi connectivity index (χ3n) is 2.56. The molecule has 0 amide bonds. The van der Waals surface area contributed by atoms with Crippen molar-refractivity contribution in [3.8, 4) is 5.75 Å². The van der Waals surface area contributed by atoms with Crippen molar-refractivity contribution in [2.45, 2.75) is 12.5 Å². The van der Waals surface area contributed by atoms with E-state index >= 15 is 0 Å². The Morgan fingerprint density at radius 3 is 1.76 bits per heavy atom. The summed E-state index contributed by atoms with van der Waals surface area (Å²) in [6, 6.07) is -0.404. The zero-order valence-electron chi connectivity index (χ0n) is 10.3. The van der Waals surface area contributed by atoms with Crippen LogP contribution in [0.1, 0.15) is 5.56 Å². The second-order valence-corrected chi connectivity index (χ2v) is 7.34. The number of carboxylic acids is 1. The van der Waals surface area contributed by atoms with Gasteiger partial charge < -0.3 is 35.5 Å². The first kappa shape index (κ1) is 17.8. The lowest BCUT2D eigenvalue weighted by atomic mass is 10.1. The number of benzene rings is 1. The van der Waals surface area contributed by atoms with Crippen LogP contribution in [-0.4, -0.2) is 41.8 Å². The largest absolute Gasteiger partial charge is 0.508 e. The molecule has 21 heavy (non-hydrogen) atoms. The number of hydrogen-bond acceptors (Lipinski definition) is 5. The van der Waals surface area contributed by atoms with Crippen LogP contribution in [-0.2, 0) is 20.3 Å². The smallest absolute Gasteiger partial charge is 0.356 e. The number of carboxylic acid groups (broad SMARTS) is 1. The number of hydrogen-bond donors (Lipinski definition) is 7.